The van der Waals surface area contributed by atoms with Crippen LogP contribution >= 0.6 is 11.6 Å². The van der Waals surface area contributed by atoms with E-state index in [0.29, 0.717) is 22.8 Å². The fourth-order valence-corrected chi connectivity index (χ4v) is 1.81. The largest absolute Gasteiger partial charge is 0.399 e. The summed E-state index contributed by atoms with van der Waals surface area (Å²) in [6, 6.07) is 6.63. The zero-order valence-electron chi connectivity index (χ0n) is 9.85. The molecule has 0 aliphatic rings. The van der Waals surface area contributed by atoms with Gasteiger partial charge in [0, 0.05) is 18.9 Å². The molecule has 18 heavy (non-hydrogen) atoms. The van der Waals surface area contributed by atoms with E-state index in [1.54, 1.807) is 22.9 Å². The highest BCUT2D eigenvalue weighted by atomic mass is 35.5. The van der Waals surface area contributed by atoms with Crippen molar-refractivity contribution in [1.29, 1.82) is 0 Å². The van der Waals surface area contributed by atoms with Gasteiger partial charge in [0.15, 0.2) is 0 Å². The van der Waals surface area contributed by atoms with E-state index in [0.717, 1.165) is 5.69 Å². The SMILES string of the molecule is Cn1ccc(CNC(=O)c2ccc(N)cc2Cl)n1. The van der Waals surface area contributed by atoms with Crippen LogP contribution in [0.4, 0.5) is 5.69 Å². The molecule has 0 aliphatic carbocycles. The maximum Gasteiger partial charge on any atom is 0.253 e. The van der Waals surface area contributed by atoms with Crippen LogP contribution in [0.5, 0.6) is 0 Å². The van der Waals surface area contributed by atoms with E-state index in [-0.39, 0.29) is 5.91 Å². The topological polar surface area (TPSA) is 72.9 Å². The Labute approximate surface area is 110 Å². The lowest BCUT2D eigenvalue weighted by Gasteiger charge is -2.06. The van der Waals surface area contributed by atoms with Crippen molar-refractivity contribution in [3.05, 3.63) is 46.7 Å². The Hall–Kier alpha value is -2.01. The molecule has 0 atom stereocenters. The zero-order valence-corrected chi connectivity index (χ0v) is 10.6. The van der Waals surface area contributed by atoms with Gasteiger partial charge in [-0.15, -0.1) is 0 Å². The number of aromatic nitrogens is 2. The number of rotatable bonds is 3. The highest BCUT2D eigenvalue weighted by molar-refractivity contribution is 6.34. The van der Waals surface area contributed by atoms with Gasteiger partial charge in [-0.2, -0.15) is 5.10 Å². The van der Waals surface area contributed by atoms with Crippen molar-refractivity contribution in [2.24, 2.45) is 7.05 Å². The van der Waals surface area contributed by atoms with Gasteiger partial charge in [-0.3, -0.25) is 9.48 Å². The van der Waals surface area contributed by atoms with E-state index < -0.39 is 0 Å². The monoisotopic (exact) mass is 264 g/mol. The predicted octanol–water partition coefficient (Wildman–Crippen LogP) is 1.59. The number of aryl methyl sites for hydroxylation is 1. The molecule has 6 heteroatoms. The van der Waals surface area contributed by atoms with Crippen LogP contribution in [0.3, 0.4) is 0 Å². The van der Waals surface area contributed by atoms with Crippen molar-refractivity contribution >= 4 is 23.2 Å². The third-order valence-corrected chi connectivity index (χ3v) is 2.75. The highest BCUT2D eigenvalue weighted by Crippen LogP contribution is 2.18. The number of amides is 1. The fraction of sp³-hybridized carbons (Fsp3) is 0.167. The van der Waals surface area contributed by atoms with Crippen molar-refractivity contribution in [1.82, 2.24) is 15.1 Å². The molecule has 94 valence electrons. The Bertz CT molecular complexity index is 579. The molecule has 1 heterocycles. The minimum Gasteiger partial charge on any atom is -0.399 e. The lowest BCUT2D eigenvalue weighted by molar-refractivity contribution is 0.0950. The summed E-state index contributed by atoms with van der Waals surface area (Å²) in [5.74, 6) is -0.245. The van der Waals surface area contributed by atoms with Gasteiger partial charge in [0.2, 0.25) is 0 Å². The number of hydrogen-bond donors (Lipinski definition) is 2. The third kappa shape index (κ3) is 2.81. The standard InChI is InChI=1S/C12H13ClN4O/c1-17-5-4-9(16-17)7-15-12(18)10-3-2-8(14)6-11(10)13/h2-6H,7,14H2,1H3,(H,15,18). The van der Waals surface area contributed by atoms with Crippen LogP contribution < -0.4 is 11.1 Å². The summed E-state index contributed by atoms with van der Waals surface area (Å²) in [5.41, 5.74) is 7.29. The number of carbonyl (C=O) groups excluding carboxylic acids is 1. The van der Waals surface area contributed by atoms with Crippen LogP contribution in [0.2, 0.25) is 5.02 Å². The molecule has 0 unspecified atom stereocenters. The van der Waals surface area contributed by atoms with Gasteiger partial charge in [-0.1, -0.05) is 11.6 Å². The van der Waals surface area contributed by atoms with E-state index in [2.05, 4.69) is 10.4 Å². The second-order valence-electron chi connectivity index (χ2n) is 3.90. The van der Waals surface area contributed by atoms with Crippen molar-refractivity contribution in [2.75, 3.05) is 5.73 Å². The van der Waals surface area contributed by atoms with E-state index in [1.807, 2.05) is 19.3 Å². The molecule has 0 saturated heterocycles. The molecule has 0 radical (unpaired) electrons. The second-order valence-corrected chi connectivity index (χ2v) is 4.31. The molecule has 0 fully saturated rings. The minimum atomic E-state index is -0.245. The van der Waals surface area contributed by atoms with Crippen molar-refractivity contribution in [3.8, 4) is 0 Å². The molecule has 0 spiro atoms. The van der Waals surface area contributed by atoms with Crippen LogP contribution in [0.25, 0.3) is 0 Å². The summed E-state index contributed by atoms with van der Waals surface area (Å²) in [5, 5.41) is 7.25. The van der Waals surface area contributed by atoms with Gasteiger partial charge >= 0.3 is 0 Å². The molecule has 0 aliphatic heterocycles. The average Bonchev–Trinajstić information content (AvgIpc) is 2.72. The summed E-state index contributed by atoms with van der Waals surface area (Å²) in [4.78, 5) is 11.9. The van der Waals surface area contributed by atoms with Crippen LogP contribution in [-0.2, 0) is 13.6 Å². The number of hydrogen-bond acceptors (Lipinski definition) is 3. The molecular formula is C12H13ClN4O. The predicted molar refractivity (Wildman–Crippen MR) is 70.2 cm³/mol. The Morgan fingerprint density at radius 1 is 1.50 bits per heavy atom. The summed E-state index contributed by atoms with van der Waals surface area (Å²) >= 11 is 5.95. The first kappa shape index (κ1) is 12.4. The van der Waals surface area contributed by atoms with Crippen molar-refractivity contribution < 1.29 is 4.79 Å². The van der Waals surface area contributed by atoms with Gasteiger partial charge in [0.1, 0.15) is 0 Å². The van der Waals surface area contributed by atoms with Crippen LogP contribution in [-0.4, -0.2) is 15.7 Å². The lowest BCUT2D eigenvalue weighted by atomic mass is 10.2. The number of benzene rings is 1. The smallest absolute Gasteiger partial charge is 0.253 e. The van der Waals surface area contributed by atoms with Crippen molar-refractivity contribution in [3.63, 3.8) is 0 Å². The van der Waals surface area contributed by atoms with E-state index >= 15 is 0 Å². The summed E-state index contributed by atoms with van der Waals surface area (Å²) in [6.07, 6.45) is 1.82. The van der Waals surface area contributed by atoms with Gasteiger partial charge in [0.25, 0.3) is 5.91 Å². The van der Waals surface area contributed by atoms with E-state index in [9.17, 15) is 4.79 Å². The molecule has 3 N–H and O–H groups in total. The molecule has 1 aromatic carbocycles. The first-order valence-corrected chi connectivity index (χ1v) is 5.76. The molecule has 0 bridgehead atoms. The Morgan fingerprint density at radius 3 is 2.89 bits per heavy atom. The Morgan fingerprint density at radius 2 is 2.28 bits per heavy atom. The first-order chi connectivity index (χ1) is 8.56. The minimum absolute atomic E-state index is 0.245. The maximum absolute atomic E-state index is 11.9. The Kier molecular flexibility index (Phi) is 3.53. The molecular weight excluding hydrogens is 252 g/mol. The fourth-order valence-electron chi connectivity index (χ4n) is 1.54. The number of nitrogens with zero attached hydrogens (tertiary/aromatic N) is 2. The number of carbonyl (C=O) groups is 1. The van der Waals surface area contributed by atoms with Gasteiger partial charge in [-0.25, -0.2) is 0 Å². The summed E-state index contributed by atoms with van der Waals surface area (Å²) in [7, 11) is 1.82. The third-order valence-electron chi connectivity index (χ3n) is 2.44. The van der Waals surface area contributed by atoms with Crippen LogP contribution in [0.15, 0.2) is 30.5 Å². The van der Waals surface area contributed by atoms with E-state index in [1.165, 1.54) is 0 Å². The van der Waals surface area contributed by atoms with Gasteiger partial charge in [-0.05, 0) is 24.3 Å². The molecule has 1 amide bonds. The quantitative estimate of drug-likeness (QED) is 0.827. The van der Waals surface area contributed by atoms with Crippen LogP contribution in [0, 0.1) is 0 Å². The van der Waals surface area contributed by atoms with Gasteiger partial charge in [0.05, 0.1) is 22.8 Å². The number of halogens is 1. The molecule has 0 saturated carbocycles. The van der Waals surface area contributed by atoms with E-state index in [4.69, 9.17) is 17.3 Å². The molecule has 2 aromatic rings. The number of nitrogens with one attached hydrogen (secondary N) is 1. The number of nitrogen functional groups attached to an aromatic ring is 1. The number of anilines is 1. The average molecular weight is 265 g/mol. The summed E-state index contributed by atoms with van der Waals surface area (Å²) < 4.78 is 1.68. The zero-order chi connectivity index (χ0) is 13.1. The normalized spacial score (nSPS) is 10.3. The molecule has 5 nitrogen and oxygen atoms in total. The number of nitrogens with two attached hydrogens (primary N) is 1. The highest BCUT2D eigenvalue weighted by Gasteiger charge is 2.10. The van der Waals surface area contributed by atoms with Crippen molar-refractivity contribution in [2.45, 2.75) is 6.54 Å². The maximum atomic E-state index is 11.9. The second kappa shape index (κ2) is 5.10. The first-order valence-electron chi connectivity index (χ1n) is 5.38. The van der Waals surface area contributed by atoms with Gasteiger partial charge < -0.3 is 11.1 Å². The molecule has 1 aromatic heterocycles. The van der Waals surface area contributed by atoms with Crippen LogP contribution in [0.1, 0.15) is 16.1 Å². The molecule has 2 rings (SSSR count). The lowest BCUT2D eigenvalue weighted by Crippen LogP contribution is -2.23. The summed E-state index contributed by atoms with van der Waals surface area (Å²) in [6.45, 7) is 0.361. The Balaban J connectivity index is 2.03.